The lowest BCUT2D eigenvalue weighted by atomic mass is 9.91. The lowest BCUT2D eigenvalue weighted by Gasteiger charge is -2.50. The van der Waals surface area contributed by atoms with Crippen LogP contribution in [0.2, 0.25) is 0 Å². The van der Waals surface area contributed by atoms with Crippen LogP contribution < -0.4 is 0 Å². The largest absolute Gasteiger partial charge is 0.463 e. The first kappa shape index (κ1) is 55.1. The summed E-state index contributed by atoms with van der Waals surface area (Å²) in [4.78, 5) is 125. The van der Waals surface area contributed by atoms with Crippen molar-refractivity contribution in [2.75, 3.05) is 26.4 Å². The summed E-state index contributed by atoms with van der Waals surface area (Å²) in [5.74, 6) is -9.09. The molecule has 0 aliphatic carbocycles. The van der Waals surface area contributed by atoms with Crippen LogP contribution in [-0.2, 0) is 124 Å². The van der Waals surface area contributed by atoms with Gasteiger partial charge in [0.05, 0.1) is 18.8 Å². The van der Waals surface area contributed by atoms with Crippen LogP contribution in [-0.4, -0.2) is 184 Å². The Kier molecular flexibility index (Phi) is 20.4. The molecule has 4 heterocycles. The van der Waals surface area contributed by atoms with Gasteiger partial charge in [-0.15, -0.1) is 0 Å². The fraction of sp³-hybridized carbons (Fsp3) is 0.762. The summed E-state index contributed by atoms with van der Waals surface area (Å²) in [7, 11) is 0. The van der Waals surface area contributed by atoms with E-state index in [0.717, 1.165) is 69.2 Å². The third-order valence-corrected chi connectivity index (χ3v) is 10.1. The maximum Gasteiger partial charge on any atom is 0.303 e. The predicted molar refractivity (Wildman–Crippen MR) is 213 cm³/mol. The van der Waals surface area contributed by atoms with Crippen LogP contribution in [0.1, 0.15) is 82.1 Å². The van der Waals surface area contributed by atoms with E-state index < -0.39 is 171 Å². The molecule has 1 unspecified atom stereocenters. The van der Waals surface area contributed by atoms with Crippen molar-refractivity contribution in [1.82, 2.24) is 0 Å². The molecule has 0 N–H and O–H groups in total. The summed E-state index contributed by atoms with van der Waals surface area (Å²) >= 11 is 0. The van der Waals surface area contributed by atoms with Gasteiger partial charge in [-0.2, -0.15) is 0 Å². The van der Waals surface area contributed by atoms with Crippen molar-refractivity contribution in [1.29, 1.82) is 0 Å². The Hall–Kier alpha value is -5.54. The van der Waals surface area contributed by atoms with Crippen molar-refractivity contribution >= 4 is 59.7 Å². The third-order valence-electron chi connectivity index (χ3n) is 10.1. The van der Waals surface area contributed by atoms with Gasteiger partial charge in [0.15, 0.2) is 55.3 Å². The number of ether oxygens (including phenoxy) is 16. The molecule has 4 aliphatic rings. The highest BCUT2D eigenvalue weighted by molar-refractivity contribution is 5.70. The van der Waals surface area contributed by atoms with Gasteiger partial charge in [0.2, 0.25) is 0 Å². The average molecular weight is 979 g/mol. The minimum atomic E-state index is -1.96. The zero-order valence-corrected chi connectivity index (χ0v) is 39.1. The van der Waals surface area contributed by atoms with E-state index in [-0.39, 0.29) is 12.5 Å². The standard InChI is InChI=1S/C42H58O26/c1-17(43)53-14-29-34(36(59-22(6)48)32(57-20(4)46)28(64-29)12-11-27-13-56-27)67-42-40(63-26(10)52)38(61-24(8)50)35(31(66-42)16-55-19(3)45)68-41-39(62-25(9)51)37(60-23(7)49)33(58-21(5)47)30(65-41)15-54-18(2)44/h27-42H,11-16H2,1-10H3/t27?,28-,29+,30+,31+,32-,33-,34+,35+,36+,37-,38-,39+,40+,41-,42-/m0/s1. The molecular formula is C42H58O26. The van der Waals surface area contributed by atoms with Gasteiger partial charge in [-0.05, 0) is 12.8 Å². The summed E-state index contributed by atoms with van der Waals surface area (Å²) in [6.07, 6.45) is -24.4. The average Bonchev–Trinajstić information content (AvgIpc) is 4.04. The SMILES string of the molecule is CC(=O)OC[C@H]1O[C@@H](O[C@H]2[C@H](OC(C)=O)[C@@H](OC(C)=O)[C@H](O[C@H]3[C@H](OC(C)=O)[C@@H](OC(C)=O)[C@H](CCC4CO4)O[C@@H]3COC(C)=O)O[C@@H]2COC(C)=O)[C@H](OC(C)=O)[C@@H](OC(C)=O)[C@H]1OC(C)=O. The van der Waals surface area contributed by atoms with E-state index in [9.17, 15) is 47.9 Å². The van der Waals surface area contributed by atoms with Gasteiger partial charge in [0.25, 0.3) is 0 Å². The summed E-state index contributed by atoms with van der Waals surface area (Å²) in [6, 6.07) is 0. The van der Waals surface area contributed by atoms with Crippen molar-refractivity contribution < 1.29 is 124 Å². The number of hydrogen-bond acceptors (Lipinski definition) is 26. The third kappa shape index (κ3) is 16.6. The van der Waals surface area contributed by atoms with Gasteiger partial charge in [-0.1, -0.05) is 0 Å². The molecule has 26 nitrogen and oxygen atoms in total. The predicted octanol–water partition coefficient (Wildman–Crippen LogP) is -0.636. The molecule has 0 spiro atoms. The zero-order valence-electron chi connectivity index (χ0n) is 39.1. The van der Waals surface area contributed by atoms with Gasteiger partial charge in [0.1, 0.15) is 50.3 Å². The highest BCUT2D eigenvalue weighted by Crippen LogP contribution is 2.39. The molecule has 0 amide bonds. The second-order valence-electron chi connectivity index (χ2n) is 16.0. The van der Waals surface area contributed by atoms with E-state index in [1.165, 1.54) is 0 Å². The molecule has 4 fully saturated rings. The molecule has 68 heavy (non-hydrogen) atoms. The lowest BCUT2D eigenvalue weighted by Crippen LogP contribution is -2.68. The molecule has 16 atom stereocenters. The van der Waals surface area contributed by atoms with Crippen LogP contribution in [0.5, 0.6) is 0 Å². The zero-order chi connectivity index (χ0) is 50.6. The van der Waals surface area contributed by atoms with Gasteiger partial charge >= 0.3 is 59.7 Å². The monoisotopic (exact) mass is 978 g/mol. The van der Waals surface area contributed by atoms with Crippen LogP contribution >= 0.6 is 0 Å². The molecule has 0 saturated carbocycles. The minimum absolute atomic E-state index is 0.127. The normalized spacial score (nSPS) is 33.0. The molecule has 4 rings (SSSR count). The van der Waals surface area contributed by atoms with Crippen LogP contribution in [0, 0.1) is 0 Å². The first-order valence-corrected chi connectivity index (χ1v) is 21.4. The summed E-state index contributed by atoms with van der Waals surface area (Å²) in [6.45, 7) is 8.79. The van der Waals surface area contributed by atoms with Gasteiger partial charge < -0.3 is 75.8 Å². The lowest BCUT2D eigenvalue weighted by molar-refractivity contribution is -0.374. The van der Waals surface area contributed by atoms with Crippen molar-refractivity contribution in [2.24, 2.45) is 0 Å². The van der Waals surface area contributed by atoms with E-state index in [0.29, 0.717) is 13.0 Å². The molecular weight excluding hydrogens is 920 g/mol. The van der Waals surface area contributed by atoms with Crippen LogP contribution in [0.25, 0.3) is 0 Å². The number of carbonyl (C=O) groups excluding carboxylic acids is 10. The Balaban J connectivity index is 1.89. The Labute approximate surface area is 389 Å². The van der Waals surface area contributed by atoms with E-state index in [2.05, 4.69) is 0 Å². The van der Waals surface area contributed by atoms with E-state index in [4.69, 9.17) is 75.8 Å². The number of esters is 10. The first-order chi connectivity index (χ1) is 31.9. The number of rotatable bonds is 20. The maximum atomic E-state index is 13.0. The summed E-state index contributed by atoms with van der Waals surface area (Å²) in [5, 5.41) is 0. The first-order valence-electron chi connectivity index (χ1n) is 21.4. The van der Waals surface area contributed by atoms with E-state index in [1.54, 1.807) is 0 Å². The van der Waals surface area contributed by atoms with Gasteiger partial charge in [-0.25, -0.2) is 0 Å². The highest BCUT2D eigenvalue weighted by Gasteiger charge is 2.60. The second-order valence-corrected chi connectivity index (χ2v) is 16.0. The topological polar surface area (TPSA) is 322 Å². The Bertz CT molecular complexity index is 1850. The van der Waals surface area contributed by atoms with Crippen LogP contribution in [0.3, 0.4) is 0 Å². The summed E-state index contributed by atoms with van der Waals surface area (Å²) in [5.41, 5.74) is 0. The summed E-state index contributed by atoms with van der Waals surface area (Å²) < 4.78 is 92.3. The number of carbonyl (C=O) groups is 10. The molecule has 0 bridgehead atoms. The fourth-order valence-electron chi connectivity index (χ4n) is 7.70. The second kappa shape index (κ2) is 25.2. The molecule has 0 aromatic rings. The van der Waals surface area contributed by atoms with Gasteiger partial charge in [0, 0.05) is 69.2 Å². The molecule has 0 radical (unpaired) electrons. The van der Waals surface area contributed by atoms with Crippen molar-refractivity contribution in [2.45, 2.75) is 180 Å². The van der Waals surface area contributed by atoms with Crippen molar-refractivity contribution in [3.63, 3.8) is 0 Å². The van der Waals surface area contributed by atoms with E-state index in [1.807, 2.05) is 0 Å². The highest BCUT2D eigenvalue weighted by atomic mass is 16.8. The van der Waals surface area contributed by atoms with Gasteiger partial charge in [-0.3, -0.25) is 47.9 Å². The molecule has 4 saturated heterocycles. The van der Waals surface area contributed by atoms with Crippen LogP contribution in [0.15, 0.2) is 0 Å². The maximum absolute atomic E-state index is 13.0. The minimum Gasteiger partial charge on any atom is -0.463 e. The smallest absolute Gasteiger partial charge is 0.303 e. The molecule has 0 aromatic carbocycles. The molecule has 382 valence electrons. The van der Waals surface area contributed by atoms with Crippen LogP contribution in [0.4, 0.5) is 0 Å². The Morgan fingerprint density at radius 2 is 0.618 bits per heavy atom. The molecule has 0 aromatic heterocycles. The van der Waals surface area contributed by atoms with Crippen molar-refractivity contribution in [3.05, 3.63) is 0 Å². The van der Waals surface area contributed by atoms with Crippen molar-refractivity contribution in [3.8, 4) is 0 Å². The molecule has 26 heteroatoms. The Morgan fingerprint density at radius 3 is 0.956 bits per heavy atom. The fourth-order valence-corrected chi connectivity index (χ4v) is 7.70. The number of epoxide rings is 1. The Morgan fingerprint density at radius 1 is 0.338 bits per heavy atom. The number of hydrogen-bond donors (Lipinski definition) is 0. The quantitative estimate of drug-likeness (QED) is 0.0832. The van der Waals surface area contributed by atoms with E-state index >= 15 is 0 Å². The molecule has 4 aliphatic heterocycles.